The summed E-state index contributed by atoms with van der Waals surface area (Å²) in [6.07, 6.45) is -0.0653. The highest BCUT2D eigenvalue weighted by Gasteiger charge is 2.23. The first-order valence-corrected chi connectivity index (χ1v) is 12.4. The van der Waals surface area contributed by atoms with Gasteiger partial charge in [0.05, 0.1) is 17.8 Å². The smallest absolute Gasteiger partial charge is 0.251 e. The van der Waals surface area contributed by atoms with E-state index in [1.807, 2.05) is 12.1 Å². The van der Waals surface area contributed by atoms with Crippen LogP contribution in [0, 0.1) is 18.6 Å². The van der Waals surface area contributed by atoms with E-state index >= 15 is 0 Å². The van der Waals surface area contributed by atoms with Crippen molar-refractivity contribution in [2.45, 2.75) is 45.4 Å². The molecule has 0 radical (unpaired) electrons. The molecular weight excluding hydrogens is 490 g/mol. The standard InChI is InChI=1S/C28H30F2N6O2/c1-3-19-5-4-6-20(11-19)16-31-17-27(37)26(14-21-12-23(29)15-24(30)13-21)32-28(38)22-7-9-25(10-8-22)36-18(2)33-34-35-36/h4-13,15,26-27,31,37H,3,14,16-17H2,1-2H3,(H,32,38). The Morgan fingerprint density at radius 2 is 1.71 bits per heavy atom. The van der Waals surface area contributed by atoms with Gasteiger partial charge in [0.15, 0.2) is 5.82 Å². The van der Waals surface area contributed by atoms with Crippen LogP contribution in [0.3, 0.4) is 0 Å². The third-order valence-electron chi connectivity index (χ3n) is 6.24. The Kier molecular flexibility index (Phi) is 8.88. The minimum absolute atomic E-state index is 0.0382. The van der Waals surface area contributed by atoms with E-state index in [2.05, 4.69) is 45.2 Å². The van der Waals surface area contributed by atoms with E-state index in [1.54, 1.807) is 31.2 Å². The zero-order chi connectivity index (χ0) is 27.1. The molecule has 2 atom stereocenters. The van der Waals surface area contributed by atoms with Crippen LogP contribution in [0.5, 0.6) is 0 Å². The summed E-state index contributed by atoms with van der Waals surface area (Å²) >= 11 is 0. The zero-order valence-corrected chi connectivity index (χ0v) is 21.2. The molecule has 3 N–H and O–H groups in total. The van der Waals surface area contributed by atoms with Crippen molar-refractivity contribution in [3.63, 3.8) is 0 Å². The van der Waals surface area contributed by atoms with Gasteiger partial charge < -0.3 is 15.7 Å². The third-order valence-corrected chi connectivity index (χ3v) is 6.24. The lowest BCUT2D eigenvalue weighted by molar-refractivity contribution is 0.0830. The van der Waals surface area contributed by atoms with Crippen molar-refractivity contribution in [1.29, 1.82) is 0 Å². The van der Waals surface area contributed by atoms with Crippen molar-refractivity contribution in [2.24, 2.45) is 0 Å². The Morgan fingerprint density at radius 3 is 2.37 bits per heavy atom. The summed E-state index contributed by atoms with van der Waals surface area (Å²) in [7, 11) is 0. The molecule has 0 saturated carbocycles. The van der Waals surface area contributed by atoms with Crippen LogP contribution in [-0.2, 0) is 19.4 Å². The highest BCUT2D eigenvalue weighted by Crippen LogP contribution is 2.14. The van der Waals surface area contributed by atoms with Gasteiger partial charge in [-0.3, -0.25) is 4.79 Å². The normalized spacial score (nSPS) is 12.8. The van der Waals surface area contributed by atoms with Gasteiger partial charge >= 0.3 is 0 Å². The number of tetrazole rings is 1. The first-order valence-electron chi connectivity index (χ1n) is 12.4. The SMILES string of the molecule is CCc1cccc(CNCC(O)C(Cc2cc(F)cc(F)c2)NC(=O)c2ccc(-n3nnnc3C)cc2)c1. The summed E-state index contributed by atoms with van der Waals surface area (Å²) in [5.74, 6) is -1.27. The fourth-order valence-corrected chi connectivity index (χ4v) is 4.21. The molecule has 0 bridgehead atoms. The Balaban J connectivity index is 1.46. The predicted octanol–water partition coefficient (Wildman–Crippen LogP) is 3.30. The number of benzene rings is 3. The molecule has 2 unspecified atom stereocenters. The lowest BCUT2D eigenvalue weighted by atomic mass is 10.00. The summed E-state index contributed by atoms with van der Waals surface area (Å²) in [5, 5.41) is 28.4. The van der Waals surface area contributed by atoms with Crippen molar-refractivity contribution in [3.8, 4) is 5.69 Å². The van der Waals surface area contributed by atoms with Gasteiger partial charge in [0.25, 0.3) is 5.91 Å². The summed E-state index contributed by atoms with van der Waals surface area (Å²) in [4.78, 5) is 13.1. The number of rotatable bonds is 11. The van der Waals surface area contributed by atoms with E-state index in [1.165, 1.54) is 22.4 Å². The molecule has 0 saturated heterocycles. The van der Waals surface area contributed by atoms with E-state index in [4.69, 9.17) is 0 Å². The molecule has 0 aliphatic rings. The minimum atomic E-state index is -1.03. The van der Waals surface area contributed by atoms with Gasteiger partial charge in [-0.2, -0.15) is 4.68 Å². The van der Waals surface area contributed by atoms with Gasteiger partial charge in [0, 0.05) is 24.7 Å². The number of aliphatic hydroxyl groups is 1. The number of carbonyl (C=O) groups excluding carboxylic acids is 1. The second-order valence-electron chi connectivity index (χ2n) is 9.12. The maximum absolute atomic E-state index is 13.8. The molecule has 0 fully saturated rings. The molecular formula is C28H30F2N6O2. The second-order valence-corrected chi connectivity index (χ2v) is 9.12. The van der Waals surface area contributed by atoms with E-state index in [0.717, 1.165) is 18.1 Å². The van der Waals surface area contributed by atoms with Crippen molar-refractivity contribution in [1.82, 2.24) is 30.8 Å². The third kappa shape index (κ3) is 7.05. The highest BCUT2D eigenvalue weighted by molar-refractivity contribution is 5.94. The monoisotopic (exact) mass is 520 g/mol. The molecule has 1 aromatic heterocycles. The summed E-state index contributed by atoms with van der Waals surface area (Å²) in [6.45, 7) is 4.53. The molecule has 1 amide bonds. The van der Waals surface area contributed by atoms with Gasteiger partial charge in [-0.1, -0.05) is 31.2 Å². The van der Waals surface area contributed by atoms with Crippen LogP contribution in [0.2, 0.25) is 0 Å². The van der Waals surface area contributed by atoms with Gasteiger partial charge in [-0.15, -0.1) is 5.10 Å². The van der Waals surface area contributed by atoms with Crippen LogP contribution in [0.25, 0.3) is 5.69 Å². The number of hydrogen-bond donors (Lipinski definition) is 3. The number of amides is 1. The first-order chi connectivity index (χ1) is 18.3. The molecule has 0 aliphatic carbocycles. The maximum atomic E-state index is 13.8. The Morgan fingerprint density at radius 1 is 1.00 bits per heavy atom. The quantitative estimate of drug-likeness (QED) is 0.280. The first kappa shape index (κ1) is 27.0. The Labute approximate surface area is 219 Å². The van der Waals surface area contributed by atoms with Crippen LogP contribution in [0.15, 0.2) is 66.7 Å². The predicted molar refractivity (Wildman–Crippen MR) is 139 cm³/mol. The molecule has 198 valence electrons. The van der Waals surface area contributed by atoms with Gasteiger partial charge in [-0.05, 0) is 83.3 Å². The summed E-state index contributed by atoms with van der Waals surface area (Å²) < 4.78 is 29.2. The number of halogens is 2. The number of carbonyl (C=O) groups is 1. The summed E-state index contributed by atoms with van der Waals surface area (Å²) in [6, 6.07) is 17.2. The Hall–Kier alpha value is -4.02. The van der Waals surface area contributed by atoms with Crippen LogP contribution in [0.1, 0.15) is 39.8 Å². The number of hydrogen-bond acceptors (Lipinski definition) is 6. The molecule has 4 aromatic rings. The topological polar surface area (TPSA) is 105 Å². The van der Waals surface area contributed by atoms with E-state index in [-0.39, 0.29) is 13.0 Å². The van der Waals surface area contributed by atoms with Crippen molar-refractivity contribution < 1.29 is 18.7 Å². The molecule has 1 heterocycles. The molecule has 0 aliphatic heterocycles. The average Bonchev–Trinajstić information content (AvgIpc) is 3.33. The molecule has 0 spiro atoms. The van der Waals surface area contributed by atoms with Gasteiger partial charge in [0.2, 0.25) is 0 Å². The second kappa shape index (κ2) is 12.5. The molecule has 8 nitrogen and oxygen atoms in total. The van der Waals surface area contributed by atoms with E-state index < -0.39 is 29.7 Å². The van der Waals surface area contributed by atoms with Gasteiger partial charge in [0.1, 0.15) is 11.6 Å². The lowest BCUT2D eigenvalue weighted by Gasteiger charge is -2.25. The fraction of sp³-hybridized carbons (Fsp3) is 0.286. The largest absolute Gasteiger partial charge is 0.390 e. The number of aromatic nitrogens is 4. The molecule has 10 heteroatoms. The molecule has 3 aromatic carbocycles. The fourth-order valence-electron chi connectivity index (χ4n) is 4.21. The summed E-state index contributed by atoms with van der Waals surface area (Å²) in [5.41, 5.74) is 3.65. The maximum Gasteiger partial charge on any atom is 0.251 e. The van der Waals surface area contributed by atoms with Crippen LogP contribution < -0.4 is 10.6 Å². The van der Waals surface area contributed by atoms with E-state index in [0.29, 0.717) is 29.2 Å². The average molecular weight is 521 g/mol. The van der Waals surface area contributed by atoms with E-state index in [9.17, 15) is 18.7 Å². The van der Waals surface area contributed by atoms with Crippen LogP contribution in [-0.4, -0.2) is 49.9 Å². The number of nitrogens with zero attached hydrogens (tertiary/aromatic N) is 4. The number of aliphatic hydroxyl groups excluding tert-OH is 1. The van der Waals surface area contributed by atoms with Crippen molar-refractivity contribution in [2.75, 3.05) is 6.54 Å². The van der Waals surface area contributed by atoms with Crippen molar-refractivity contribution in [3.05, 3.63) is 106 Å². The van der Waals surface area contributed by atoms with Crippen LogP contribution in [0.4, 0.5) is 8.78 Å². The molecule has 38 heavy (non-hydrogen) atoms. The Bertz CT molecular complexity index is 1360. The zero-order valence-electron chi connectivity index (χ0n) is 21.2. The number of aryl methyl sites for hydroxylation is 2. The lowest BCUT2D eigenvalue weighted by Crippen LogP contribution is -2.48. The minimum Gasteiger partial charge on any atom is -0.390 e. The van der Waals surface area contributed by atoms with Crippen LogP contribution >= 0.6 is 0 Å². The van der Waals surface area contributed by atoms with Crippen molar-refractivity contribution >= 4 is 5.91 Å². The number of nitrogens with one attached hydrogen (secondary N) is 2. The van der Waals surface area contributed by atoms with Gasteiger partial charge in [-0.25, -0.2) is 8.78 Å². The highest BCUT2D eigenvalue weighted by atomic mass is 19.1. The molecule has 4 rings (SSSR count).